The molecule has 0 amide bonds. The summed E-state index contributed by atoms with van der Waals surface area (Å²) in [5, 5.41) is 3.69. The maximum Gasteiger partial charge on any atom is 0.173 e. The molecule has 17 heavy (non-hydrogen) atoms. The molecule has 4 N–H and O–H groups in total. The lowest BCUT2D eigenvalue weighted by Gasteiger charge is -2.09. The monoisotopic (exact) mass is 252 g/mol. The van der Waals surface area contributed by atoms with Crippen LogP contribution >= 0.6 is 11.6 Å². The second-order valence-corrected chi connectivity index (χ2v) is 3.99. The van der Waals surface area contributed by atoms with Crippen molar-refractivity contribution in [3.63, 3.8) is 0 Å². The van der Waals surface area contributed by atoms with E-state index in [9.17, 15) is 0 Å². The van der Waals surface area contributed by atoms with Crippen molar-refractivity contribution in [1.29, 1.82) is 0 Å². The molecule has 0 fully saturated rings. The summed E-state index contributed by atoms with van der Waals surface area (Å²) >= 11 is 5.93. The van der Waals surface area contributed by atoms with Gasteiger partial charge in [0, 0.05) is 5.02 Å². The number of hydrogen-bond donors (Lipinski definition) is 3. The van der Waals surface area contributed by atoms with Gasteiger partial charge in [0.15, 0.2) is 5.82 Å². The first kappa shape index (κ1) is 11.6. The number of nitrogens with two attached hydrogens (primary N) is 1. The van der Waals surface area contributed by atoms with E-state index >= 15 is 0 Å². The highest BCUT2D eigenvalue weighted by Gasteiger charge is 2.09. The molecule has 2 rings (SSSR count). The molecule has 0 saturated heterocycles. The molecule has 2 aromatic rings. The van der Waals surface area contributed by atoms with Crippen molar-refractivity contribution in [3.05, 3.63) is 29.0 Å². The number of aromatic amines is 1. The summed E-state index contributed by atoms with van der Waals surface area (Å²) in [5.74, 6) is 2.45. The van der Waals surface area contributed by atoms with E-state index < -0.39 is 0 Å². The Morgan fingerprint density at radius 3 is 2.82 bits per heavy atom. The van der Waals surface area contributed by atoms with E-state index in [2.05, 4.69) is 15.3 Å². The fourth-order valence-electron chi connectivity index (χ4n) is 1.51. The van der Waals surface area contributed by atoms with Gasteiger partial charge in [0.05, 0.1) is 12.8 Å². The van der Waals surface area contributed by atoms with Crippen LogP contribution in [-0.4, -0.2) is 17.1 Å². The van der Waals surface area contributed by atoms with Crippen LogP contribution in [0.1, 0.15) is 5.82 Å². The minimum atomic E-state index is 0.476. The molecule has 0 atom stereocenters. The van der Waals surface area contributed by atoms with Crippen molar-refractivity contribution < 1.29 is 4.74 Å². The van der Waals surface area contributed by atoms with Crippen LogP contribution in [0.15, 0.2) is 18.2 Å². The molecule has 0 radical (unpaired) electrons. The number of H-pyrrole nitrogens is 1. The number of halogens is 1. The third-order valence-electron chi connectivity index (χ3n) is 2.26. The lowest BCUT2D eigenvalue weighted by molar-refractivity contribution is 0.417. The van der Waals surface area contributed by atoms with Gasteiger partial charge in [-0.2, -0.15) is 0 Å². The minimum absolute atomic E-state index is 0.476. The van der Waals surface area contributed by atoms with E-state index in [1.165, 1.54) is 0 Å². The second kappa shape index (κ2) is 4.55. The van der Waals surface area contributed by atoms with Crippen molar-refractivity contribution in [2.45, 2.75) is 6.92 Å². The lowest BCUT2D eigenvalue weighted by Crippen LogP contribution is -1.98. The Bertz CT molecular complexity index is 538. The number of anilines is 3. The summed E-state index contributed by atoms with van der Waals surface area (Å²) < 4.78 is 5.22. The third-order valence-corrected chi connectivity index (χ3v) is 2.50. The summed E-state index contributed by atoms with van der Waals surface area (Å²) in [4.78, 5) is 7.13. The molecule has 0 aliphatic rings. The van der Waals surface area contributed by atoms with E-state index in [-0.39, 0.29) is 0 Å². The molecular formula is C11H13ClN4O. The van der Waals surface area contributed by atoms with Gasteiger partial charge in [-0.25, -0.2) is 4.98 Å². The minimum Gasteiger partial charge on any atom is -0.495 e. The first-order chi connectivity index (χ1) is 8.10. The number of nitrogen functional groups attached to an aromatic ring is 1. The normalized spacial score (nSPS) is 10.3. The number of nitrogens with one attached hydrogen (secondary N) is 2. The number of methoxy groups -OCH3 is 1. The smallest absolute Gasteiger partial charge is 0.173 e. The van der Waals surface area contributed by atoms with Gasteiger partial charge in [-0.15, -0.1) is 0 Å². The van der Waals surface area contributed by atoms with Crippen LogP contribution in [-0.2, 0) is 0 Å². The summed E-state index contributed by atoms with van der Waals surface area (Å²) in [6, 6.07) is 5.29. The first-order valence-corrected chi connectivity index (χ1v) is 5.40. The Kier molecular flexibility index (Phi) is 3.10. The largest absolute Gasteiger partial charge is 0.495 e. The van der Waals surface area contributed by atoms with Gasteiger partial charge in [-0.05, 0) is 25.1 Å². The molecule has 6 heteroatoms. The molecule has 1 heterocycles. The number of rotatable bonds is 3. The van der Waals surface area contributed by atoms with Gasteiger partial charge in [-0.1, -0.05) is 11.6 Å². The van der Waals surface area contributed by atoms with Crippen molar-refractivity contribution in [2.75, 3.05) is 18.2 Å². The molecule has 0 aliphatic carbocycles. The lowest BCUT2D eigenvalue weighted by atomic mass is 10.3. The Labute approximate surface area is 104 Å². The molecule has 0 spiro atoms. The Morgan fingerprint density at radius 1 is 1.47 bits per heavy atom. The number of aryl methyl sites for hydroxylation is 1. The highest BCUT2D eigenvalue weighted by atomic mass is 35.5. The second-order valence-electron chi connectivity index (χ2n) is 3.55. The number of hydrogen-bond acceptors (Lipinski definition) is 4. The van der Waals surface area contributed by atoms with Gasteiger partial charge in [0.1, 0.15) is 17.4 Å². The maximum absolute atomic E-state index is 5.93. The molecule has 0 bridgehead atoms. The number of benzene rings is 1. The van der Waals surface area contributed by atoms with E-state index in [4.69, 9.17) is 22.1 Å². The average Bonchev–Trinajstić information content (AvgIpc) is 2.58. The van der Waals surface area contributed by atoms with Gasteiger partial charge in [-0.3, -0.25) is 0 Å². The van der Waals surface area contributed by atoms with Gasteiger partial charge in [0.25, 0.3) is 0 Å². The van der Waals surface area contributed by atoms with Gasteiger partial charge in [0.2, 0.25) is 0 Å². The highest BCUT2D eigenvalue weighted by Crippen LogP contribution is 2.31. The quantitative estimate of drug-likeness (QED) is 0.785. The first-order valence-electron chi connectivity index (χ1n) is 5.03. The fraction of sp³-hybridized carbons (Fsp3) is 0.182. The van der Waals surface area contributed by atoms with Crippen molar-refractivity contribution in [2.24, 2.45) is 0 Å². The molecular weight excluding hydrogens is 240 g/mol. The van der Waals surface area contributed by atoms with E-state index in [1.807, 2.05) is 6.92 Å². The van der Waals surface area contributed by atoms with Crippen LogP contribution in [0, 0.1) is 6.92 Å². The van der Waals surface area contributed by atoms with Gasteiger partial charge >= 0.3 is 0 Å². The fourth-order valence-corrected chi connectivity index (χ4v) is 1.68. The Balaban J connectivity index is 2.35. The number of aromatic nitrogens is 2. The average molecular weight is 253 g/mol. The summed E-state index contributed by atoms with van der Waals surface area (Å²) in [6.45, 7) is 1.83. The van der Waals surface area contributed by atoms with E-state index in [1.54, 1.807) is 25.3 Å². The molecule has 0 saturated carbocycles. The standard InChI is InChI=1S/C11H13ClN4O/c1-6-14-10(13)11(15-6)16-8-5-7(12)3-4-9(8)17-2/h3-5,16H,13H2,1-2H3,(H,14,15). The van der Waals surface area contributed by atoms with Crippen LogP contribution in [0.4, 0.5) is 17.3 Å². The summed E-state index contributed by atoms with van der Waals surface area (Å²) in [7, 11) is 1.59. The Hall–Kier alpha value is -1.88. The predicted octanol–water partition coefficient (Wildman–Crippen LogP) is 2.71. The van der Waals surface area contributed by atoms with Crippen molar-refractivity contribution >= 4 is 28.9 Å². The van der Waals surface area contributed by atoms with Crippen molar-refractivity contribution in [3.8, 4) is 5.75 Å². The predicted molar refractivity (Wildman–Crippen MR) is 69.0 cm³/mol. The zero-order valence-corrected chi connectivity index (χ0v) is 10.3. The maximum atomic E-state index is 5.93. The van der Waals surface area contributed by atoms with Crippen molar-refractivity contribution in [1.82, 2.24) is 9.97 Å². The number of ether oxygens (including phenoxy) is 1. The zero-order valence-electron chi connectivity index (χ0n) is 9.54. The zero-order chi connectivity index (χ0) is 12.4. The van der Waals surface area contributed by atoms with E-state index in [0.29, 0.717) is 22.4 Å². The van der Waals surface area contributed by atoms with E-state index in [0.717, 1.165) is 11.5 Å². The summed E-state index contributed by atoms with van der Waals surface area (Å²) in [5.41, 5.74) is 6.49. The number of imidazole rings is 1. The molecule has 90 valence electrons. The molecule has 5 nitrogen and oxygen atoms in total. The molecule has 1 aromatic heterocycles. The van der Waals surface area contributed by atoms with Crippen LogP contribution in [0.2, 0.25) is 5.02 Å². The highest BCUT2D eigenvalue weighted by molar-refractivity contribution is 6.31. The number of nitrogens with zero attached hydrogens (tertiary/aromatic N) is 1. The SMILES string of the molecule is COc1ccc(Cl)cc1Nc1nc(C)[nH]c1N. The van der Waals surface area contributed by atoms with Crippen LogP contribution < -0.4 is 15.8 Å². The molecule has 1 aromatic carbocycles. The summed E-state index contributed by atoms with van der Waals surface area (Å²) in [6.07, 6.45) is 0. The van der Waals surface area contributed by atoms with Crippen LogP contribution in [0.25, 0.3) is 0 Å². The molecule has 0 unspecified atom stereocenters. The van der Waals surface area contributed by atoms with Gasteiger partial charge < -0.3 is 20.8 Å². The third kappa shape index (κ3) is 2.45. The topological polar surface area (TPSA) is 76.0 Å². The molecule has 0 aliphatic heterocycles. The van der Waals surface area contributed by atoms with Crippen LogP contribution in [0.3, 0.4) is 0 Å². The Morgan fingerprint density at radius 2 is 2.24 bits per heavy atom. The van der Waals surface area contributed by atoms with Crippen LogP contribution in [0.5, 0.6) is 5.75 Å².